The van der Waals surface area contributed by atoms with E-state index in [1.54, 1.807) is 36.4 Å². The second-order valence-corrected chi connectivity index (χ2v) is 8.36. The minimum Gasteiger partial charge on any atom is -0.478 e. The predicted octanol–water partition coefficient (Wildman–Crippen LogP) is 5.55. The number of halogens is 2. The molecule has 2 aliphatic heterocycles. The molecule has 0 aliphatic carbocycles. The van der Waals surface area contributed by atoms with Crippen LogP contribution in [0, 0.1) is 0 Å². The van der Waals surface area contributed by atoms with E-state index >= 15 is 0 Å². The summed E-state index contributed by atoms with van der Waals surface area (Å²) in [7, 11) is 2.09. The van der Waals surface area contributed by atoms with Gasteiger partial charge in [-0.05, 0) is 63.4 Å². The summed E-state index contributed by atoms with van der Waals surface area (Å²) in [5.41, 5.74) is 1.09. The molecule has 2 saturated heterocycles. The maximum Gasteiger partial charge on any atom is 0.336 e. The fourth-order valence-corrected chi connectivity index (χ4v) is 5.29. The summed E-state index contributed by atoms with van der Waals surface area (Å²) in [6, 6.07) is 12.0. The van der Waals surface area contributed by atoms with Crippen molar-refractivity contribution in [2.75, 3.05) is 7.05 Å². The van der Waals surface area contributed by atoms with Crippen molar-refractivity contribution in [3.05, 3.63) is 69.2 Å². The molecule has 2 aliphatic rings. The molecule has 2 atom stereocenters. The van der Waals surface area contributed by atoms with Gasteiger partial charge in [-0.25, -0.2) is 9.59 Å². The molecule has 5 nitrogen and oxygen atoms in total. The number of carboxylic acids is 2. The van der Waals surface area contributed by atoms with Crippen molar-refractivity contribution in [2.45, 2.75) is 43.7 Å². The summed E-state index contributed by atoms with van der Waals surface area (Å²) in [6.07, 6.45) is 5.34. The van der Waals surface area contributed by atoms with Gasteiger partial charge in [-0.3, -0.25) is 4.90 Å². The average Bonchev–Trinajstić information content (AvgIpc) is 2.86. The van der Waals surface area contributed by atoms with Crippen LogP contribution in [-0.4, -0.2) is 40.1 Å². The van der Waals surface area contributed by atoms with Crippen LogP contribution < -0.4 is 0 Å². The molecule has 2 aromatic carbocycles. The number of fused-ring (bicyclic) bond motifs is 2. The van der Waals surface area contributed by atoms with Crippen LogP contribution in [0.3, 0.4) is 0 Å². The summed E-state index contributed by atoms with van der Waals surface area (Å²) in [5.74, 6) is -1.84. The Morgan fingerprint density at radius 1 is 1.03 bits per heavy atom. The van der Waals surface area contributed by atoms with Gasteiger partial charge in [0.2, 0.25) is 0 Å². The van der Waals surface area contributed by atoms with Crippen molar-refractivity contribution in [1.29, 1.82) is 0 Å². The average molecular weight is 436 g/mol. The zero-order valence-corrected chi connectivity index (χ0v) is 17.6. The number of nitrogens with zero attached hydrogens (tertiary/aromatic N) is 1. The highest BCUT2D eigenvalue weighted by atomic mass is 35.5. The van der Waals surface area contributed by atoms with E-state index in [2.05, 4.69) is 11.9 Å². The Morgan fingerprint density at radius 3 is 2.31 bits per heavy atom. The van der Waals surface area contributed by atoms with Crippen molar-refractivity contribution in [3.63, 3.8) is 0 Å². The van der Waals surface area contributed by atoms with Crippen LogP contribution in [0.1, 0.15) is 58.4 Å². The molecule has 2 heterocycles. The van der Waals surface area contributed by atoms with Gasteiger partial charge in [-0.1, -0.05) is 41.4 Å². The topological polar surface area (TPSA) is 77.8 Å². The summed E-state index contributed by atoms with van der Waals surface area (Å²) in [5, 5.41) is 18.8. The largest absolute Gasteiger partial charge is 0.478 e. The summed E-state index contributed by atoms with van der Waals surface area (Å²) < 4.78 is 0. The molecule has 0 spiro atoms. The number of rotatable bonds is 3. The van der Waals surface area contributed by atoms with Gasteiger partial charge < -0.3 is 10.2 Å². The lowest BCUT2D eigenvalue weighted by Crippen LogP contribution is -2.46. The van der Waals surface area contributed by atoms with Gasteiger partial charge in [-0.2, -0.15) is 0 Å². The van der Waals surface area contributed by atoms with Crippen molar-refractivity contribution in [3.8, 4) is 0 Å². The first-order valence-electron chi connectivity index (χ1n) is 9.50. The first kappa shape index (κ1) is 21.6. The molecule has 0 amide bonds. The lowest BCUT2D eigenvalue weighted by atomic mass is 9.79. The zero-order valence-electron chi connectivity index (χ0n) is 16.1. The van der Waals surface area contributed by atoms with E-state index in [4.69, 9.17) is 28.3 Å². The van der Waals surface area contributed by atoms with Gasteiger partial charge in [0.1, 0.15) is 0 Å². The number of carbonyl (C=O) groups is 2. The number of aromatic carboxylic acids is 2. The molecule has 2 fully saturated rings. The second-order valence-electron chi connectivity index (χ2n) is 7.51. The van der Waals surface area contributed by atoms with Crippen molar-refractivity contribution >= 4 is 35.1 Å². The fraction of sp³-hybridized carbons (Fsp3) is 0.364. The number of benzene rings is 2. The molecular formula is C22H23Cl2NO4. The summed E-state index contributed by atoms with van der Waals surface area (Å²) in [6.45, 7) is 0. The van der Waals surface area contributed by atoms with Crippen LogP contribution in [0.4, 0.5) is 0 Å². The summed E-state index contributed by atoms with van der Waals surface area (Å²) in [4.78, 5) is 24.1. The lowest BCUT2D eigenvalue weighted by Gasteiger charge is -2.44. The Bertz CT molecular complexity index is 915. The third-order valence-corrected chi connectivity index (χ3v) is 6.53. The minimum absolute atomic E-state index is 0.238. The molecule has 7 heteroatoms. The third kappa shape index (κ3) is 4.27. The van der Waals surface area contributed by atoms with Crippen molar-refractivity contribution in [1.82, 2.24) is 4.90 Å². The molecule has 2 aromatic rings. The third-order valence-electron chi connectivity index (χ3n) is 6.01. The van der Waals surface area contributed by atoms with E-state index < -0.39 is 11.9 Å². The smallest absolute Gasteiger partial charge is 0.336 e. The summed E-state index contributed by atoms with van der Waals surface area (Å²) >= 11 is 12.4. The zero-order chi connectivity index (χ0) is 21.2. The van der Waals surface area contributed by atoms with Crippen LogP contribution >= 0.6 is 23.2 Å². The Morgan fingerprint density at radius 2 is 1.72 bits per heavy atom. The molecule has 0 radical (unpaired) electrons. The molecular weight excluding hydrogens is 413 g/mol. The predicted molar refractivity (Wildman–Crippen MR) is 113 cm³/mol. The molecule has 0 aromatic heterocycles. The Hall–Kier alpha value is -2.08. The molecule has 2 bridgehead atoms. The van der Waals surface area contributed by atoms with Crippen LogP contribution in [-0.2, 0) is 5.54 Å². The number of hydrogen-bond donors (Lipinski definition) is 2. The van der Waals surface area contributed by atoms with Crippen LogP contribution in [0.15, 0.2) is 42.5 Å². The monoisotopic (exact) mass is 435 g/mol. The molecule has 0 saturated carbocycles. The highest BCUT2D eigenvalue weighted by Gasteiger charge is 2.50. The molecule has 2 unspecified atom stereocenters. The van der Waals surface area contributed by atoms with Crippen molar-refractivity contribution in [2.24, 2.45) is 0 Å². The second kappa shape index (κ2) is 8.74. The van der Waals surface area contributed by atoms with Gasteiger partial charge in [0.15, 0.2) is 0 Å². The normalized spacial score (nSPS) is 23.2. The molecule has 4 rings (SSSR count). The quantitative estimate of drug-likeness (QED) is 0.660. The van der Waals surface area contributed by atoms with Crippen molar-refractivity contribution < 1.29 is 19.8 Å². The fourth-order valence-electron chi connectivity index (χ4n) is 4.62. The highest BCUT2D eigenvalue weighted by molar-refractivity contribution is 6.35. The van der Waals surface area contributed by atoms with Gasteiger partial charge in [0.25, 0.3) is 0 Å². The standard InChI is InChI=1S/C15H17Cl2NO2.C7H6O2/c1-18-10-3-2-5-15(18,6-4-10)13-11(14(19)20)7-9(16)8-12(13)17;8-7(9)6-4-2-1-3-5-6/h7-8,10H,2-6H2,1H3,(H,19,20);1-5H,(H,8,9). The molecule has 154 valence electrons. The van der Waals surface area contributed by atoms with Crippen LogP contribution in [0.2, 0.25) is 10.0 Å². The number of piperidine rings is 1. The Kier molecular flexibility index (Phi) is 6.52. The van der Waals surface area contributed by atoms with E-state index in [-0.39, 0.29) is 11.1 Å². The highest BCUT2D eigenvalue weighted by Crippen LogP contribution is 2.52. The lowest BCUT2D eigenvalue weighted by molar-refractivity contribution is 0.0648. The van der Waals surface area contributed by atoms with E-state index in [9.17, 15) is 14.7 Å². The maximum atomic E-state index is 11.6. The van der Waals surface area contributed by atoms with E-state index in [0.717, 1.165) is 31.2 Å². The Balaban J connectivity index is 0.000000224. The maximum absolute atomic E-state index is 11.6. The van der Waals surface area contributed by atoms with Gasteiger partial charge in [0, 0.05) is 27.2 Å². The van der Waals surface area contributed by atoms with Crippen LogP contribution in [0.5, 0.6) is 0 Å². The van der Waals surface area contributed by atoms with Crippen LogP contribution in [0.25, 0.3) is 0 Å². The van der Waals surface area contributed by atoms with Gasteiger partial charge in [0.05, 0.1) is 11.1 Å². The van der Waals surface area contributed by atoms with E-state index in [1.165, 1.54) is 12.5 Å². The first-order valence-corrected chi connectivity index (χ1v) is 10.3. The molecule has 2 N–H and O–H groups in total. The molecule has 29 heavy (non-hydrogen) atoms. The van der Waals surface area contributed by atoms with E-state index in [1.807, 2.05) is 0 Å². The SMILES string of the molecule is CN1C2CCCC1(c1c(Cl)cc(Cl)cc1C(=O)O)CC2.O=C(O)c1ccccc1. The van der Waals surface area contributed by atoms with E-state index in [0.29, 0.717) is 21.7 Å². The number of carboxylic acid groups (broad SMARTS) is 2. The van der Waals surface area contributed by atoms with Gasteiger partial charge in [-0.15, -0.1) is 0 Å². The minimum atomic E-state index is -0.957. The Labute approximate surface area is 179 Å². The number of hydrogen-bond acceptors (Lipinski definition) is 3. The van der Waals surface area contributed by atoms with Gasteiger partial charge >= 0.3 is 11.9 Å². The first-order chi connectivity index (χ1) is 13.8.